The zero-order valence-corrected chi connectivity index (χ0v) is 14.6. The first-order valence-corrected chi connectivity index (χ1v) is 8.34. The Bertz CT molecular complexity index is 1290. The summed E-state index contributed by atoms with van der Waals surface area (Å²) in [7, 11) is 0. The van der Waals surface area contributed by atoms with Crippen molar-refractivity contribution in [2.75, 3.05) is 0 Å². The molecule has 0 aliphatic carbocycles. The Balaban J connectivity index is 1.90. The van der Waals surface area contributed by atoms with Crippen molar-refractivity contribution in [3.63, 3.8) is 0 Å². The Morgan fingerprint density at radius 2 is 1.58 bits per heavy atom. The maximum Gasteiger partial charge on any atom is 0.343 e. The Labute approximate surface area is 156 Å². The van der Waals surface area contributed by atoms with Crippen molar-refractivity contribution in [3.05, 3.63) is 84.5 Å². The number of hydrogen-bond donors (Lipinski definition) is 1. The molecule has 0 atom stereocenters. The number of hydrogen-bond acceptors (Lipinski definition) is 5. The quantitative estimate of drug-likeness (QED) is 0.511. The van der Waals surface area contributed by atoms with Crippen LogP contribution in [0.3, 0.4) is 0 Å². The van der Waals surface area contributed by atoms with Gasteiger partial charge in [0, 0.05) is 22.0 Å². The molecule has 7 heteroatoms. The van der Waals surface area contributed by atoms with Gasteiger partial charge in [-0.3, -0.25) is 4.79 Å². The predicted molar refractivity (Wildman–Crippen MR) is 99.5 cm³/mol. The molecule has 130 valence electrons. The van der Waals surface area contributed by atoms with Crippen molar-refractivity contribution < 1.29 is 13.9 Å². The van der Waals surface area contributed by atoms with Crippen molar-refractivity contribution in [2.24, 2.45) is 0 Å². The lowest BCUT2D eigenvalue weighted by Gasteiger charge is -2.07. The van der Waals surface area contributed by atoms with Crippen LogP contribution in [0.4, 0.5) is 0 Å². The van der Waals surface area contributed by atoms with Gasteiger partial charge in [0.2, 0.25) is 0 Å². The van der Waals surface area contributed by atoms with E-state index in [0.717, 1.165) is 0 Å². The molecular weight excluding hydrogens is 379 g/mol. The van der Waals surface area contributed by atoms with E-state index in [1.807, 2.05) is 0 Å². The van der Waals surface area contributed by atoms with Crippen molar-refractivity contribution in [2.45, 2.75) is 6.42 Å². The monoisotopic (exact) mass is 388 g/mol. The van der Waals surface area contributed by atoms with Gasteiger partial charge >= 0.3 is 5.63 Å². The largest absolute Gasteiger partial charge is 0.507 e. The van der Waals surface area contributed by atoms with E-state index >= 15 is 0 Å². The Kier molecular flexibility index (Phi) is 3.98. The SMILES string of the molecule is O=c1oc2ccc(Cl)cc2c(O)c1Cc1coc2ccc(Cl)cc2c1=O. The fraction of sp³-hybridized carbons (Fsp3) is 0.0526. The van der Waals surface area contributed by atoms with Gasteiger partial charge in [-0.15, -0.1) is 0 Å². The average Bonchev–Trinajstić information content (AvgIpc) is 2.61. The van der Waals surface area contributed by atoms with Crippen LogP contribution < -0.4 is 11.1 Å². The van der Waals surface area contributed by atoms with Crippen molar-refractivity contribution >= 4 is 45.1 Å². The van der Waals surface area contributed by atoms with E-state index in [-0.39, 0.29) is 34.3 Å². The molecule has 2 aromatic carbocycles. The van der Waals surface area contributed by atoms with Gasteiger partial charge in [0.1, 0.15) is 16.9 Å². The lowest BCUT2D eigenvalue weighted by molar-refractivity contribution is 0.458. The minimum atomic E-state index is -0.733. The maximum absolute atomic E-state index is 12.7. The van der Waals surface area contributed by atoms with E-state index in [4.69, 9.17) is 32.0 Å². The van der Waals surface area contributed by atoms with Gasteiger partial charge in [0.05, 0.1) is 22.6 Å². The Morgan fingerprint density at radius 1 is 0.923 bits per heavy atom. The van der Waals surface area contributed by atoms with Crippen molar-refractivity contribution in [1.82, 2.24) is 0 Å². The van der Waals surface area contributed by atoms with Gasteiger partial charge in [0.15, 0.2) is 5.43 Å². The molecule has 0 aliphatic rings. The maximum atomic E-state index is 12.7. The Morgan fingerprint density at radius 3 is 2.31 bits per heavy atom. The highest BCUT2D eigenvalue weighted by atomic mass is 35.5. The number of rotatable bonds is 2. The summed E-state index contributed by atoms with van der Waals surface area (Å²) in [6.07, 6.45) is 1.11. The molecule has 0 radical (unpaired) electrons. The molecule has 4 rings (SSSR count). The molecule has 0 saturated carbocycles. The number of aromatic hydroxyl groups is 1. The van der Waals surface area contributed by atoms with E-state index in [1.54, 1.807) is 18.2 Å². The molecule has 0 spiro atoms. The summed E-state index contributed by atoms with van der Waals surface area (Å²) in [5.41, 5.74) is -0.332. The van der Waals surface area contributed by atoms with Crippen LogP contribution in [-0.4, -0.2) is 5.11 Å². The predicted octanol–water partition coefficient (Wildman–Crippen LogP) is 4.50. The highest BCUT2D eigenvalue weighted by molar-refractivity contribution is 6.31. The average molecular weight is 389 g/mol. The molecule has 2 aromatic heterocycles. The highest BCUT2D eigenvalue weighted by Crippen LogP contribution is 2.30. The van der Waals surface area contributed by atoms with Gasteiger partial charge in [0.25, 0.3) is 0 Å². The fourth-order valence-electron chi connectivity index (χ4n) is 2.81. The lowest BCUT2D eigenvalue weighted by atomic mass is 10.0. The minimum absolute atomic E-state index is 0.0477. The second kappa shape index (κ2) is 6.20. The molecular formula is C19H10Cl2O5. The number of benzene rings is 2. The van der Waals surface area contributed by atoms with Gasteiger partial charge in [-0.05, 0) is 36.4 Å². The normalized spacial score (nSPS) is 11.3. The third kappa shape index (κ3) is 2.75. The summed E-state index contributed by atoms with van der Waals surface area (Å²) in [6.45, 7) is 0. The zero-order valence-electron chi connectivity index (χ0n) is 13.1. The molecule has 0 bridgehead atoms. The molecule has 0 aliphatic heterocycles. The Hall–Kier alpha value is -2.76. The van der Waals surface area contributed by atoms with Gasteiger partial charge in [-0.2, -0.15) is 0 Å². The van der Waals surface area contributed by atoms with Crippen LogP contribution in [0.1, 0.15) is 11.1 Å². The van der Waals surface area contributed by atoms with E-state index in [0.29, 0.717) is 26.4 Å². The topological polar surface area (TPSA) is 80.7 Å². The molecule has 2 heterocycles. The first-order valence-electron chi connectivity index (χ1n) is 7.58. The lowest BCUT2D eigenvalue weighted by Crippen LogP contribution is -2.14. The van der Waals surface area contributed by atoms with E-state index in [2.05, 4.69) is 0 Å². The van der Waals surface area contributed by atoms with Crippen LogP contribution in [0.25, 0.3) is 21.9 Å². The van der Waals surface area contributed by atoms with Gasteiger partial charge < -0.3 is 13.9 Å². The summed E-state index contributed by atoms with van der Waals surface area (Å²) < 4.78 is 10.7. The second-order valence-electron chi connectivity index (χ2n) is 5.76. The molecule has 0 saturated heterocycles. The summed E-state index contributed by atoms with van der Waals surface area (Å²) in [6, 6.07) is 9.23. The van der Waals surface area contributed by atoms with Crippen LogP contribution in [0, 0.1) is 0 Å². The standard InChI is InChI=1S/C19H10Cl2O5/c20-10-1-3-15-12(6-10)17(22)9(8-25-15)5-14-18(23)13-7-11(21)2-4-16(13)26-19(14)24/h1-4,6-8,23H,5H2. The molecule has 4 aromatic rings. The molecule has 5 nitrogen and oxygen atoms in total. The van der Waals surface area contributed by atoms with Gasteiger partial charge in [-0.1, -0.05) is 23.2 Å². The minimum Gasteiger partial charge on any atom is -0.507 e. The third-order valence-electron chi connectivity index (χ3n) is 4.10. The van der Waals surface area contributed by atoms with Crippen molar-refractivity contribution in [3.8, 4) is 5.75 Å². The molecule has 0 amide bonds. The second-order valence-corrected chi connectivity index (χ2v) is 6.64. The van der Waals surface area contributed by atoms with Crippen LogP contribution in [0.15, 0.2) is 61.1 Å². The zero-order chi connectivity index (χ0) is 18.4. The molecule has 26 heavy (non-hydrogen) atoms. The first-order chi connectivity index (χ1) is 12.4. The molecule has 0 fully saturated rings. The van der Waals surface area contributed by atoms with E-state index in [9.17, 15) is 14.7 Å². The molecule has 1 N–H and O–H groups in total. The third-order valence-corrected chi connectivity index (χ3v) is 4.58. The smallest absolute Gasteiger partial charge is 0.343 e. The number of halogens is 2. The van der Waals surface area contributed by atoms with Crippen LogP contribution in [-0.2, 0) is 6.42 Å². The van der Waals surface area contributed by atoms with Crippen LogP contribution >= 0.6 is 23.2 Å². The first kappa shape index (κ1) is 16.7. The van der Waals surface area contributed by atoms with E-state index < -0.39 is 5.63 Å². The highest BCUT2D eigenvalue weighted by Gasteiger charge is 2.17. The summed E-state index contributed by atoms with van der Waals surface area (Å²) in [5.74, 6) is -0.274. The number of fused-ring (bicyclic) bond motifs is 2. The van der Waals surface area contributed by atoms with E-state index in [1.165, 1.54) is 24.5 Å². The summed E-state index contributed by atoms with van der Waals surface area (Å²) in [5, 5.41) is 11.9. The molecule has 0 unspecified atom stereocenters. The van der Waals surface area contributed by atoms with Gasteiger partial charge in [-0.25, -0.2) is 4.79 Å². The summed E-state index contributed by atoms with van der Waals surface area (Å²) >= 11 is 11.9. The fourth-order valence-corrected chi connectivity index (χ4v) is 3.15. The van der Waals surface area contributed by atoms with Crippen molar-refractivity contribution in [1.29, 1.82) is 0 Å². The summed E-state index contributed by atoms with van der Waals surface area (Å²) in [4.78, 5) is 24.9. The van der Waals surface area contributed by atoms with Crippen LogP contribution in [0.5, 0.6) is 5.75 Å². The van der Waals surface area contributed by atoms with Crippen LogP contribution in [0.2, 0.25) is 10.0 Å².